The molecule has 0 fully saturated rings. The molecule has 0 rings (SSSR count). The Kier molecular flexibility index (Phi) is 4.62. The van der Waals surface area contributed by atoms with Crippen LogP contribution in [0.5, 0.6) is 0 Å². The SMILES string of the molecule is CC(=O)[O][Ge]([CH3])([O]C(C)=O)[O]C(C)=O. The Morgan fingerprint density at radius 2 is 1.00 bits per heavy atom. The second-order valence-electron chi connectivity index (χ2n) is 2.64. The summed E-state index contributed by atoms with van der Waals surface area (Å²) in [4.78, 5) is 32.0. The van der Waals surface area contributed by atoms with E-state index < -0.39 is 32.2 Å². The second kappa shape index (κ2) is 4.99. The molecule has 0 aromatic carbocycles. The van der Waals surface area contributed by atoms with Crippen LogP contribution in [0.3, 0.4) is 0 Å². The first kappa shape index (κ1) is 13.0. The van der Waals surface area contributed by atoms with Crippen LogP contribution in [-0.2, 0) is 25.7 Å². The normalized spacial score (nSPS) is 10.3. The molecular weight excluding hydrogens is 253 g/mol. The van der Waals surface area contributed by atoms with E-state index in [1.807, 2.05) is 0 Å². The summed E-state index contributed by atoms with van der Waals surface area (Å²) in [5.74, 6) is -0.593. The summed E-state index contributed by atoms with van der Waals surface area (Å²) in [6.07, 6.45) is 0. The molecule has 0 aromatic rings. The molecular formula is C7H12GeO6. The van der Waals surface area contributed by atoms with Crippen LogP contribution in [0.2, 0.25) is 5.76 Å². The summed E-state index contributed by atoms with van der Waals surface area (Å²) in [6, 6.07) is 0. The number of hydrogen-bond acceptors (Lipinski definition) is 6. The van der Waals surface area contributed by atoms with E-state index in [-0.39, 0.29) is 0 Å². The van der Waals surface area contributed by atoms with Crippen LogP contribution < -0.4 is 0 Å². The molecule has 0 aliphatic rings. The van der Waals surface area contributed by atoms with Gasteiger partial charge in [0.1, 0.15) is 0 Å². The molecule has 0 saturated heterocycles. The van der Waals surface area contributed by atoms with Gasteiger partial charge in [-0.1, -0.05) is 0 Å². The molecule has 0 aliphatic carbocycles. The Hall–Kier alpha value is -1.05. The van der Waals surface area contributed by atoms with Gasteiger partial charge in [0, 0.05) is 0 Å². The van der Waals surface area contributed by atoms with E-state index in [2.05, 4.69) is 0 Å². The Bertz CT molecular complexity index is 220. The minimum absolute atomic E-state index is 0.644. The van der Waals surface area contributed by atoms with Crippen LogP contribution in [0.4, 0.5) is 0 Å². The molecule has 0 N–H and O–H groups in total. The maximum atomic E-state index is 10.7. The van der Waals surface area contributed by atoms with Crippen LogP contribution in [0.1, 0.15) is 20.8 Å². The van der Waals surface area contributed by atoms with Gasteiger partial charge < -0.3 is 0 Å². The number of carbonyl (C=O) groups is 3. The van der Waals surface area contributed by atoms with Crippen LogP contribution >= 0.6 is 0 Å². The van der Waals surface area contributed by atoms with E-state index in [0.29, 0.717) is 0 Å². The van der Waals surface area contributed by atoms with Crippen molar-refractivity contribution in [2.75, 3.05) is 0 Å². The molecule has 0 bridgehead atoms. The van der Waals surface area contributed by atoms with Gasteiger partial charge in [-0.15, -0.1) is 0 Å². The Morgan fingerprint density at radius 3 is 1.14 bits per heavy atom. The quantitative estimate of drug-likeness (QED) is 0.680. The average Bonchev–Trinajstić information content (AvgIpc) is 1.76. The average molecular weight is 265 g/mol. The summed E-state index contributed by atoms with van der Waals surface area (Å²) in [7, 11) is 0. The van der Waals surface area contributed by atoms with E-state index in [4.69, 9.17) is 11.3 Å². The summed E-state index contributed by atoms with van der Waals surface area (Å²) in [5, 5.41) is 0. The van der Waals surface area contributed by atoms with Crippen molar-refractivity contribution in [3.05, 3.63) is 0 Å². The molecule has 14 heavy (non-hydrogen) atoms. The van der Waals surface area contributed by atoms with E-state index in [0.717, 1.165) is 20.8 Å². The third kappa shape index (κ3) is 5.57. The van der Waals surface area contributed by atoms with Crippen molar-refractivity contribution in [1.29, 1.82) is 0 Å². The van der Waals surface area contributed by atoms with Crippen molar-refractivity contribution < 1.29 is 25.7 Å². The fraction of sp³-hybridized carbons (Fsp3) is 0.571. The van der Waals surface area contributed by atoms with Crippen LogP contribution in [0.15, 0.2) is 0 Å². The van der Waals surface area contributed by atoms with Gasteiger partial charge >= 0.3 is 84.4 Å². The predicted octanol–water partition coefficient (Wildman–Crippen LogP) is 0.244. The van der Waals surface area contributed by atoms with Gasteiger partial charge in [0.05, 0.1) is 0 Å². The predicted molar refractivity (Wildman–Crippen MR) is 46.9 cm³/mol. The van der Waals surface area contributed by atoms with Crippen molar-refractivity contribution in [3.8, 4) is 0 Å². The first-order chi connectivity index (χ1) is 6.25. The van der Waals surface area contributed by atoms with Gasteiger partial charge in [-0.05, 0) is 0 Å². The Balaban J connectivity index is 4.56. The second-order valence-corrected chi connectivity index (χ2v) is 7.55. The Labute approximate surface area is 84.9 Å². The third-order valence-electron chi connectivity index (χ3n) is 0.987. The zero-order valence-corrected chi connectivity index (χ0v) is 10.5. The van der Waals surface area contributed by atoms with Crippen molar-refractivity contribution in [1.82, 2.24) is 0 Å². The molecule has 0 saturated carbocycles. The van der Waals surface area contributed by atoms with E-state index in [9.17, 15) is 14.4 Å². The molecule has 80 valence electrons. The summed E-state index contributed by atoms with van der Waals surface area (Å²) in [5.41, 5.74) is 0. The molecule has 6 nitrogen and oxygen atoms in total. The molecule has 0 unspecified atom stereocenters. The summed E-state index contributed by atoms with van der Waals surface area (Å²) >= 11 is -4.01. The minimum atomic E-state index is -4.01. The van der Waals surface area contributed by atoms with E-state index in [1.165, 1.54) is 5.76 Å². The molecule has 0 atom stereocenters. The topological polar surface area (TPSA) is 78.9 Å². The van der Waals surface area contributed by atoms with E-state index >= 15 is 0 Å². The summed E-state index contributed by atoms with van der Waals surface area (Å²) in [6.45, 7) is 3.45. The zero-order valence-electron chi connectivity index (χ0n) is 8.45. The third-order valence-corrected chi connectivity index (χ3v) is 5.13. The van der Waals surface area contributed by atoms with Crippen LogP contribution in [-0.4, -0.2) is 32.2 Å². The molecule has 0 aliphatic heterocycles. The molecule has 0 radical (unpaired) electrons. The monoisotopic (exact) mass is 266 g/mol. The number of hydrogen-bond donors (Lipinski definition) is 0. The molecule has 0 spiro atoms. The van der Waals surface area contributed by atoms with Crippen molar-refractivity contribution in [2.24, 2.45) is 0 Å². The maximum absolute atomic E-state index is 10.7. The fourth-order valence-corrected chi connectivity index (χ4v) is 4.39. The molecule has 0 amide bonds. The van der Waals surface area contributed by atoms with Gasteiger partial charge in [0.2, 0.25) is 0 Å². The van der Waals surface area contributed by atoms with Gasteiger partial charge in [-0.2, -0.15) is 0 Å². The van der Waals surface area contributed by atoms with Crippen LogP contribution in [0.25, 0.3) is 0 Å². The van der Waals surface area contributed by atoms with Crippen molar-refractivity contribution >= 4 is 32.2 Å². The van der Waals surface area contributed by atoms with Crippen molar-refractivity contribution in [3.63, 3.8) is 0 Å². The Morgan fingerprint density at radius 1 is 0.786 bits per heavy atom. The van der Waals surface area contributed by atoms with Crippen molar-refractivity contribution in [2.45, 2.75) is 26.5 Å². The number of rotatable bonds is 3. The summed E-state index contributed by atoms with van der Waals surface area (Å²) < 4.78 is 14.2. The van der Waals surface area contributed by atoms with Gasteiger partial charge in [-0.25, -0.2) is 0 Å². The fourth-order valence-electron chi connectivity index (χ4n) is 0.846. The zero-order chi connectivity index (χ0) is 11.4. The number of carbonyl (C=O) groups excluding carboxylic acids is 3. The van der Waals surface area contributed by atoms with Gasteiger partial charge in [0.25, 0.3) is 0 Å². The van der Waals surface area contributed by atoms with E-state index in [1.54, 1.807) is 0 Å². The van der Waals surface area contributed by atoms with Crippen LogP contribution in [0, 0.1) is 0 Å². The van der Waals surface area contributed by atoms with Gasteiger partial charge in [0.15, 0.2) is 0 Å². The van der Waals surface area contributed by atoms with Gasteiger partial charge in [-0.3, -0.25) is 0 Å². The first-order valence-corrected chi connectivity index (χ1v) is 8.50. The molecule has 0 heterocycles. The molecule has 0 aromatic heterocycles. The standard InChI is InChI=1S/C7H12GeO6/c1-5(9)12-8(4,13-6(2)10)14-7(3)11/h1-4H3. The first-order valence-electron chi connectivity index (χ1n) is 3.84. The molecule has 7 heteroatoms.